The Balaban J connectivity index is 1.89. The van der Waals surface area contributed by atoms with Crippen LogP contribution in [0.5, 0.6) is 0 Å². The number of rotatable bonds is 6. The summed E-state index contributed by atoms with van der Waals surface area (Å²) in [5, 5.41) is 9.80. The normalized spacial score (nSPS) is 12.8. The van der Waals surface area contributed by atoms with Crippen molar-refractivity contribution < 1.29 is 22.8 Å². The molecule has 1 atom stereocenters. The number of H-pyrrole nitrogens is 1. The van der Waals surface area contributed by atoms with Gasteiger partial charge in [0.1, 0.15) is 11.9 Å². The molecule has 0 aliphatic carbocycles. The van der Waals surface area contributed by atoms with E-state index in [9.17, 15) is 17.6 Å². The minimum absolute atomic E-state index is 0.0107. The summed E-state index contributed by atoms with van der Waals surface area (Å²) in [6.07, 6.45) is 1.69. The van der Waals surface area contributed by atoms with E-state index in [1.807, 2.05) is 24.3 Å². The fourth-order valence-electron chi connectivity index (χ4n) is 2.66. The number of fused-ring (bicyclic) bond motifs is 1. The number of aromatic amines is 1. The van der Waals surface area contributed by atoms with Crippen LogP contribution in [0.3, 0.4) is 0 Å². The Labute approximate surface area is 148 Å². The van der Waals surface area contributed by atoms with Crippen LogP contribution in [0, 0.1) is 5.82 Å². The van der Waals surface area contributed by atoms with E-state index in [1.165, 1.54) is 5.48 Å². The molecule has 7 nitrogen and oxygen atoms in total. The molecule has 1 aromatic heterocycles. The molecule has 0 fully saturated rings. The summed E-state index contributed by atoms with van der Waals surface area (Å²) in [7, 11) is -4.09. The lowest BCUT2D eigenvalue weighted by molar-refractivity contribution is -0.130. The quantitative estimate of drug-likeness (QED) is 0.387. The van der Waals surface area contributed by atoms with E-state index in [-0.39, 0.29) is 11.3 Å². The Kier molecular flexibility index (Phi) is 5.03. The van der Waals surface area contributed by atoms with E-state index >= 15 is 0 Å². The highest BCUT2D eigenvalue weighted by Gasteiger charge is 2.26. The molecule has 3 aromatic rings. The third-order valence-electron chi connectivity index (χ3n) is 3.95. The summed E-state index contributed by atoms with van der Waals surface area (Å²) in [5.74, 6) is -1.48. The minimum Gasteiger partial charge on any atom is -0.361 e. The highest BCUT2D eigenvalue weighted by atomic mass is 32.2. The number of aromatic nitrogens is 1. The zero-order valence-corrected chi connectivity index (χ0v) is 14.3. The third kappa shape index (κ3) is 3.74. The average molecular weight is 377 g/mol. The first kappa shape index (κ1) is 18.1. The van der Waals surface area contributed by atoms with Crippen molar-refractivity contribution >= 4 is 26.8 Å². The lowest BCUT2D eigenvalue weighted by atomic mass is 10.1. The smallest absolute Gasteiger partial charge is 0.261 e. The van der Waals surface area contributed by atoms with Gasteiger partial charge in [0, 0.05) is 17.1 Å². The van der Waals surface area contributed by atoms with Crippen molar-refractivity contribution in [3.05, 3.63) is 66.1 Å². The van der Waals surface area contributed by atoms with Crippen LogP contribution in [0.15, 0.2) is 59.6 Å². The van der Waals surface area contributed by atoms with Crippen molar-refractivity contribution in [3.8, 4) is 0 Å². The van der Waals surface area contributed by atoms with Gasteiger partial charge in [0.2, 0.25) is 10.0 Å². The molecule has 4 N–H and O–H groups in total. The Morgan fingerprint density at radius 2 is 1.85 bits per heavy atom. The van der Waals surface area contributed by atoms with Crippen molar-refractivity contribution in [1.82, 2.24) is 15.2 Å². The van der Waals surface area contributed by atoms with Gasteiger partial charge in [-0.05, 0) is 42.3 Å². The summed E-state index contributed by atoms with van der Waals surface area (Å²) in [5.41, 5.74) is 3.02. The van der Waals surface area contributed by atoms with Crippen LogP contribution in [0.1, 0.15) is 5.56 Å². The summed E-state index contributed by atoms with van der Waals surface area (Å²) < 4.78 is 40.2. The predicted molar refractivity (Wildman–Crippen MR) is 92.4 cm³/mol. The van der Waals surface area contributed by atoms with Crippen LogP contribution in [-0.4, -0.2) is 30.6 Å². The molecule has 0 saturated heterocycles. The molecule has 3 rings (SSSR count). The van der Waals surface area contributed by atoms with Gasteiger partial charge < -0.3 is 4.98 Å². The zero-order chi connectivity index (χ0) is 18.7. The average Bonchev–Trinajstić information content (AvgIpc) is 3.04. The number of nitrogens with one attached hydrogen (secondary N) is 3. The second kappa shape index (κ2) is 7.24. The maximum Gasteiger partial charge on any atom is 0.261 e. The molecule has 26 heavy (non-hydrogen) atoms. The number of amides is 1. The second-order valence-corrected chi connectivity index (χ2v) is 7.38. The number of carbonyl (C=O) groups excluding carboxylic acids is 1. The van der Waals surface area contributed by atoms with Gasteiger partial charge in [0.15, 0.2) is 0 Å². The molecule has 1 heterocycles. The van der Waals surface area contributed by atoms with Gasteiger partial charge in [-0.1, -0.05) is 18.2 Å². The molecule has 2 aromatic carbocycles. The molecule has 9 heteroatoms. The van der Waals surface area contributed by atoms with E-state index in [4.69, 9.17) is 5.21 Å². The van der Waals surface area contributed by atoms with Crippen LogP contribution in [0.25, 0.3) is 10.9 Å². The molecule has 0 aliphatic rings. The maximum absolute atomic E-state index is 13.0. The van der Waals surface area contributed by atoms with Crippen molar-refractivity contribution in [2.75, 3.05) is 0 Å². The Bertz CT molecular complexity index is 1030. The van der Waals surface area contributed by atoms with Crippen LogP contribution in [0.2, 0.25) is 0 Å². The van der Waals surface area contributed by atoms with E-state index in [1.54, 1.807) is 6.20 Å². The van der Waals surface area contributed by atoms with Crippen molar-refractivity contribution in [2.45, 2.75) is 17.4 Å². The van der Waals surface area contributed by atoms with E-state index in [2.05, 4.69) is 9.71 Å². The lowest BCUT2D eigenvalue weighted by Gasteiger charge is -2.16. The van der Waals surface area contributed by atoms with Gasteiger partial charge in [-0.15, -0.1) is 0 Å². The fourth-order valence-corrected chi connectivity index (χ4v) is 3.85. The molecule has 1 amide bonds. The van der Waals surface area contributed by atoms with Gasteiger partial charge in [-0.25, -0.2) is 18.3 Å². The standard InChI is InChI=1S/C17H16FN3O4S/c18-12-5-7-13(8-6-12)26(24,25)21-16(17(22)20-23)9-11-10-19-15-4-2-1-3-14(11)15/h1-8,10,16,19,21,23H,9H2,(H,20,22)/t16-/m1/s1. The van der Waals surface area contributed by atoms with E-state index in [0.29, 0.717) is 5.56 Å². The molecule has 0 saturated carbocycles. The first-order chi connectivity index (χ1) is 12.4. The van der Waals surface area contributed by atoms with Crippen LogP contribution >= 0.6 is 0 Å². The Morgan fingerprint density at radius 1 is 1.15 bits per heavy atom. The van der Waals surface area contributed by atoms with E-state index < -0.39 is 27.8 Å². The van der Waals surface area contributed by atoms with Crippen molar-refractivity contribution in [2.24, 2.45) is 0 Å². The monoisotopic (exact) mass is 377 g/mol. The highest BCUT2D eigenvalue weighted by molar-refractivity contribution is 7.89. The number of sulfonamides is 1. The predicted octanol–water partition coefficient (Wildman–Crippen LogP) is 1.70. The summed E-state index contributed by atoms with van der Waals surface area (Å²) >= 11 is 0. The van der Waals surface area contributed by atoms with Crippen molar-refractivity contribution in [3.63, 3.8) is 0 Å². The molecule has 0 radical (unpaired) electrons. The molecule has 136 valence electrons. The van der Waals surface area contributed by atoms with Crippen LogP contribution in [0.4, 0.5) is 4.39 Å². The molecule has 0 unspecified atom stereocenters. The lowest BCUT2D eigenvalue weighted by Crippen LogP contribution is -2.47. The van der Waals surface area contributed by atoms with Crippen LogP contribution < -0.4 is 10.2 Å². The molecule has 0 spiro atoms. The summed E-state index contributed by atoms with van der Waals surface area (Å²) in [6.45, 7) is 0. The van der Waals surface area contributed by atoms with Gasteiger partial charge in [-0.2, -0.15) is 4.72 Å². The van der Waals surface area contributed by atoms with Gasteiger partial charge in [0.05, 0.1) is 4.90 Å². The van der Waals surface area contributed by atoms with E-state index in [0.717, 1.165) is 35.2 Å². The summed E-state index contributed by atoms with van der Waals surface area (Å²) in [4.78, 5) is 14.8. The minimum atomic E-state index is -4.09. The first-order valence-corrected chi connectivity index (χ1v) is 9.16. The number of halogens is 1. The van der Waals surface area contributed by atoms with Gasteiger partial charge in [-0.3, -0.25) is 10.0 Å². The zero-order valence-electron chi connectivity index (χ0n) is 13.4. The maximum atomic E-state index is 13.0. The largest absolute Gasteiger partial charge is 0.361 e. The molecular weight excluding hydrogens is 361 g/mol. The fraction of sp³-hybridized carbons (Fsp3) is 0.118. The summed E-state index contributed by atoms with van der Waals surface area (Å²) in [6, 6.07) is 10.3. The highest BCUT2D eigenvalue weighted by Crippen LogP contribution is 2.20. The topological polar surface area (TPSA) is 111 Å². The number of hydrogen-bond donors (Lipinski definition) is 4. The number of carbonyl (C=O) groups is 1. The SMILES string of the molecule is O=C(NO)[C@@H](Cc1c[nH]c2ccccc12)NS(=O)(=O)c1ccc(F)cc1. The first-order valence-electron chi connectivity index (χ1n) is 7.67. The van der Waals surface area contributed by atoms with Crippen molar-refractivity contribution in [1.29, 1.82) is 0 Å². The number of para-hydroxylation sites is 1. The van der Waals surface area contributed by atoms with Gasteiger partial charge >= 0.3 is 0 Å². The number of benzene rings is 2. The Hall–Kier alpha value is -2.75. The number of hydroxylamine groups is 1. The molecule has 0 bridgehead atoms. The van der Waals surface area contributed by atoms with Crippen LogP contribution in [-0.2, 0) is 21.2 Å². The Morgan fingerprint density at radius 3 is 2.54 bits per heavy atom. The van der Waals surface area contributed by atoms with Gasteiger partial charge in [0.25, 0.3) is 5.91 Å². The third-order valence-corrected chi connectivity index (χ3v) is 5.43. The second-order valence-electron chi connectivity index (χ2n) is 5.67. The molecule has 0 aliphatic heterocycles. The number of hydrogen-bond acceptors (Lipinski definition) is 4. The molecular formula is C17H16FN3O4S.